The molecule has 4 bridgehead atoms. The molecule has 0 aromatic carbocycles. The molecule has 4 saturated carbocycles. The number of hydrogen-bond acceptors (Lipinski definition) is 3. The van der Waals surface area contributed by atoms with Gasteiger partial charge < -0.3 is 11.1 Å². The fraction of sp³-hybridized carbons (Fsp3) is 0.875. The summed E-state index contributed by atoms with van der Waals surface area (Å²) in [5, 5.41) is 5.58. The van der Waals surface area contributed by atoms with E-state index in [0.717, 1.165) is 17.8 Å². The zero-order valence-electron chi connectivity index (χ0n) is 13.0. The Kier molecular flexibility index (Phi) is 3.72. The molecule has 4 fully saturated rings. The first-order chi connectivity index (χ1) is 9.88. The summed E-state index contributed by atoms with van der Waals surface area (Å²) in [6.07, 6.45) is 8.17. The highest BCUT2D eigenvalue weighted by molar-refractivity contribution is 5.96. The third kappa shape index (κ3) is 2.80. The number of rotatable bonds is 4. The Labute approximate surface area is 126 Å². The van der Waals surface area contributed by atoms with E-state index in [0.29, 0.717) is 11.5 Å². The van der Waals surface area contributed by atoms with Crippen LogP contribution < -0.4 is 16.4 Å². The smallest absolute Gasteiger partial charge is 0.318 e. The average Bonchev–Trinajstić information content (AvgIpc) is 2.35. The van der Waals surface area contributed by atoms with Crippen molar-refractivity contribution in [1.82, 2.24) is 10.6 Å². The Balaban J connectivity index is 1.64. The number of hydrogen-bond donors (Lipinski definition) is 3. The molecular weight excluding hydrogens is 266 g/mol. The van der Waals surface area contributed by atoms with Crippen LogP contribution in [0.2, 0.25) is 0 Å². The maximum atomic E-state index is 11.8. The van der Waals surface area contributed by atoms with Gasteiger partial charge in [-0.2, -0.15) is 0 Å². The molecule has 118 valence electrons. The Morgan fingerprint density at radius 3 is 1.95 bits per heavy atom. The Hall–Kier alpha value is -1.10. The first-order valence-corrected chi connectivity index (χ1v) is 8.24. The summed E-state index contributed by atoms with van der Waals surface area (Å²) < 4.78 is 0. The van der Waals surface area contributed by atoms with Crippen molar-refractivity contribution in [2.75, 3.05) is 0 Å². The summed E-state index contributed by atoms with van der Waals surface area (Å²) in [6, 6.07) is -0.865. The molecule has 0 unspecified atom stereocenters. The number of imide groups is 1. The molecule has 21 heavy (non-hydrogen) atoms. The standard InChI is InChI=1S/C16H27N3O2/c1-9(14(20)19-15(17)21)18-10(2)16-6-11-3-12(7-16)5-13(4-11)8-16/h9-13,18H,3-8H2,1-2H3,(H3,17,19,20,21)/t9-,10+,11?,12?,13?,16?/m0/s1. The van der Waals surface area contributed by atoms with Gasteiger partial charge in [0.15, 0.2) is 0 Å². The summed E-state index contributed by atoms with van der Waals surface area (Å²) >= 11 is 0. The average molecular weight is 293 g/mol. The summed E-state index contributed by atoms with van der Waals surface area (Å²) in [5.74, 6) is 2.36. The highest BCUT2D eigenvalue weighted by Gasteiger charge is 2.53. The molecule has 5 heteroatoms. The first-order valence-electron chi connectivity index (χ1n) is 8.24. The minimum Gasteiger partial charge on any atom is -0.351 e. The number of carbonyl (C=O) groups excluding carboxylic acids is 2. The zero-order chi connectivity index (χ0) is 15.2. The molecule has 0 saturated heterocycles. The minimum absolute atomic E-state index is 0.305. The van der Waals surface area contributed by atoms with E-state index in [1.807, 2.05) is 0 Å². The van der Waals surface area contributed by atoms with E-state index in [1.165, 1.54) is 38.5 Å². The first kappa shape index (κ1) is 14.8. The molecule has 5 nitrogen and oxygen atoms in total. The molecule has 0 spiro atoms. The van der Waals surface area contributed by atoms with Gasteiger partial charge in [0.25, 0.3) is 0 Å². The minimum atomic E-state index is -0.781. The molecule has 0 aromatic heterocycles. The van der Waals surface area contributed by atoms with Crippen molar-refractivity contribution in [2.24, 2.45) is 28.9 Å². The van der Waals surface area contributed by atoms with Gasteiger partial charge in [-0.3, -0.25) is 10.1 Å². The molecule has 4 N–H and O–H groups in total. The molecule has 3 amide bonds. The van der Waals surface area contributed by atoms with Gasteiger partial charge in [0.1, 0.15) is 0 Å². The van der Waals surface area contributed by atoms with Crippen molar-refractivity contribution < 1.29 is 9.59 Å². The van der Waals surface area contributed by atoms with Crippen molar-refractivity contribution in [3.8, 4) is 0 Å². The van der Waals surface area contributed by atoms with Gasteiger partial charge in [-0.1, -0.05) is 0 Å². The fourth-order valence-electron chi connectivity index (χ4n) is 5.57. The summed E-state index contributed by atoms with van der Waals surface area (Å²) in [5.41, 5.74) is 5.37. The van der Waals surface area contributed by atoms with Crippen LogP contribution in [0.25, 0.3) is 0 Å². The van der Waals surface area contributed by atoms with Gasteiger partial charge in [-0.15, -0.1) is 0 Å². The van der Waals surface area contributed by atoms with Crippen LogP contribution >= 0.6 is 0 Å². The second-order valence-electron chi connectivity index (χ2n) is 7.74. The van der Waals surface area contributed by atoms with Crippen molar-refractivity contribution >= 4 is 11.9 Å². The SMILES string of the molecule is C[C@H](N[C@H](C)C12CC3CC(CC(C3)C1)C2)C(=O)NC(N)=O. The van der Waals surface area contributed by atoms with Crippen molar-refractivity contribution in [2.45, 2.75) is 64.5 Å². The monoisotopic (exact) mass is 293 g/mol. The normalized spacial score (nSPS) is 39.8. The van der Waals surface area contributed by atoms with Crippen LogP contribution in [-0.2, 0) is 4.79 Å². The lowest BCUT2D eigenvalue weighted by molar-refractivity contribution is -0.122. The number of amides is 3. The van der Waals surface area contributed by atoms with Crippen molar-refractivity contribution in [1.29, 1.82) is 0 Å². The number of urea groups is 1. The molecule has 0 heterocycles. The molecule has 2 atom stereocenters. The van der Waals surface area contributed by atoms with E-state index in [-0.39, 0.29) is 11.9 Å². The lowest BCUT2D eigenvalue weighted by Crippen LogP contribution is -2.58. The number of nitrogens with one attached hydrogen (secondary N) is 2. The molecule has 0 radical (unpaired) electrons. The van der Waals surface area contributed by atoms with Crippen LogP contribution in [0, 0.1) is 23.2 Å². The number of primary amides is 1. The Bertz CT molecular complexity index is 414. The fourth-order valence-corrected chi connectivity index (χ4v) is 5.57. The predicted octanol–water partition coefficient (Wildman–Crippen LogP) is 1.76. The predicted molar refractivity (Wildman–Crippen MR) is 80.4 cm³/mol. The lowest BCUT2D eigenvalue weighted by Gasteiger charge is -2.59. The van der Waals surface area contributed by atoms with Gasteiger partial charge in [0.2, 0.25) is 5.91 Å². The third-order valence-corrected chi connectivity index (χ3v) is 6.14. The quantitative estimate of drug-likeness (QED) is 0.738. The molecule has 4 aliphatic rings. The van der Waals surface area contributed by atoms with E-state index >= 15 is 0 Å². The molecular formula is C16H27N3O2. The van der Waals surface area contributed by atoms with E-state index in [9.17, 15) is 9.59 Å². The topological polar surface area (TPSA) is 84.2 Å². The van der Waals surface area contributed by atoms with Crippen LogP contribution in [-0.4, -0.2) is 24.0 Å². The lowest BCUT2D eigenvalue weighted by atomic mass is 9.48. The second kappa shape index (κ2) is 5.27. The number of carbonyl (C=O) groups is 2. The van der Waals surface area contributed by atoms with Crippen LogP contribution in [0.5, 0.6) is 0 Å². The van der Waals surface area contributed by atoms with Crippen LogP contribution in [0.15, 0.2) is 0 Å². The zero-order valence-corrected chi connectivity index (χ0v) is 13.0. The Morgan fingerprint density at radius 2 is 1.52 bits per heavy atom. The van der Waals surface area contributed by atoms with Gasteiger partial charge in [0.05, 0.1) is 6.04 Å². The maximum absolute atomic E-state index is 11.8. The van der Waals surface area contributed by atoms with Crippen molar-refractivity contribution in [3.05, 3.63) is 0 Å². The molecule has 0 aromatic rings. The van der Waals surface area contributed by atoms with Crippen LogP contribution in [0.4, 0.5) is 4.79 Å². The van der Waals surface area contributed by atoms with Crippen LogP contribution in [0.3, 0.4) is 0 Å². The third-order valence-electron chi connectivity index (χ3n) is 6.14. The molecule has 0 aliphatic heterocycles. The highest BCUT2D eigenvalue weighted by Crippen LogP contribution is 2.61. The molecule has 4 aliphatic carbocycles. The van der Waals surface area contributed by atoms with E-state index in [1.54, 1.807) is 6.92 Å². The van der Waals surface area contributed by atoms with Gasteiger partial charge in [-0.25, -0.2) is 4.79 Å². The van der Waals surface area contributed by atoms with E-state index in [2.05, 4.69) is 17.6 Å². The summed E-state index contributed by atoms with van der Waals surface area (Å²) in [6.45, 7) is 4.01. The molecule has 4 rings (SSSR count). The highest BCUT2D eigenvalue weighted by atomic mass is 16.2. The maximum Gasteiger partial charge on any atom is 0.318 e. The van der Waals surface area contributed by atoms with Gasteiger partial charge in [0, 0.05) is 6.04 Å². The summed E-state index contributed by atoms with van der Waals surface area (Å²) in [7, 11) is 0. The van der Waals surface area contributed by atoms with Crippen LogP contribution in [0.1, 0.15) is 52.4 Å². The van der Waals surface area contributed by atoms with Gasteiger partial charge >= 0.3 is 6.03 Å². The largest absolute Gasteiger partial charge is 0.351 e. The van der Waals surface area contributed by atoms with E-state index in [4.69, 9.17) is 5.73 Å². The number of nitrogens with two attached hydrogens (primary N) is 1. The van der Waals surface area contributed by atoms with Gasteiger partial charge in [-0.05, 0) is 75.5 Å². The Morgan fingerprint density at radius 1 is 1.05 bits per heavy atom. The second-order valence-corrected chi connectivity index (χ2v) is 7.74. The summed E-state index contributed by atoms with van der Waals surface area (Å²) in [4.78, 5) is 22.6. The van der Waals surface area contributed by atoms with Crippen molar-refractivity contribution in [3.63, 3.8) is 0 Å². The van der Waals surface area contributed by atoms with E-state index < -0.39 is 6.03 Å².